The first kappa shape index (κ1) is 18.6. The van der Waals surface area contributed by atoms with Crippen LogP contribution < -0.4 is 10.2 Å². The molecule has 0 spiro atoms. The van der Waals surface area contributed by atoms with Crippen LogP contribution in [-0.4, -0.2) is 54.9 Å². The normalized spacial score (nSPS) is 16.9. The lowest BCUT2D eigenvalue weighted by molar-refractivity contribution is 0.126. The molecule has 5 heteroatoms. The summed E-state index contributed by atoms with van der Waals surface area (Å²) in [6.45, 7) is 11.8. The van der Waals surface area contributed by atoms with Crippen molar-refractivity contribution in [1.82, 2.24) is 10.2 Å². The van der Waals surface area contributed by atoms with E-state index in [-0.39, 0.29) is 17.6 Å². The monoisotopic (exact) mass is 333 g/mol. The predicted molar refractivity (Wildman–Crippen MR) is 98.4 cm³/mol. The van der Waals surface area contributed by atoms with Crippen molar-refractivity contribution in [2.75, 3.05) is 37.6 Å². The van der Waals surface area contributed by atoms with Crippen LogP contribution in [0, 0.1) is 12.3 Å². The molecule has 1 fully saturated rings. The van der Waals surface area contributed by atoms with Crippen molar-refractivity contribution >= 4 is 11.7 Å². The summed E-state index contributed by atoms with van der Waals surface area (Å²) in [7, 11) is 0. The van der Waals surface area contributed by atoms with Gasteiger partial charge < -0.3 is 20.2 Å². The number of aliphatic hydroxyl groups excluding tert-OH is 1. The zero-order chi connectivity index (χ0) is 17.7. The van der Waals surface area contributed by atoms with Gasteiger partial charge in [0.2, 0.25) is 0 Å². The second kappa shape index (κ2) is 7.88. The van der Waals surface area contributed by atoms with Crippen LogP contribution in [-0.2, 0) is 0 Å². The van der Waals surface area contributed by atoms with E-state index in [4.69, 9.17) is 0 Å². The number of benzene rings is 1. The summed E-state index contributed by atoms with van der Waals surface area (Å²) >= 11 is 0. The van der Waals surface area contributed by atoms with Crippen LogP contribution in [0.4, 0.5) is 10.5 Å². The topological polar surface area (TPSA) is 55.8 Å². The molecule has 0 aromatic heterocycles. The van der Waals surface area contributed by atoms with E-state index >= 15 is 0 Å². The Bertz CT molecular complexity index is 549. The molecule has 0 radical (unpaired) electrons. The van der Waals surface area contributed by atoms with Crippen LogP contribution in [0.3, 0.4) is 0 Å². The van der Waals surface area contributed by atoms with Crippen molar-refractivity contribution in [3.8, 4) is 0 Å². The number of piperazine rings is 1. The summed E-state index contributed by atoms with van der Waals surface area (Å²) in [5.74, 6) is 0. The maximum absolute atomic E-state index is 12.4. The largest absolute Gasteiger partial charge is 0.393 e. The molecule has 1 aromatic carbocycles. The van der Waals surface area contributed by atoms with Crippen LogP contribution >= 0.6 is 0 Å². The zero-order valence-electron chi connectivity index (χ0n) is 15.4. The van der Waals surface area contributed by atoms with E-state index < -0.39 is 0 Å². The number of anilines is 1. The van der Waals surface area contributed by atoms with Crippen molar-refractivity contribution < 1.29 is 9.90 Å². The van der Waals surface area contributed by atoms with Gasteiger partial charge in [-0.1, -0.05) is 26.0 Å². The highest BCUT2D eigenvalue weighted by Gasteiger charge is 2.25. The fourth-order valence-electron chi connectivity index (χ4n) is 3.29. The SMILES string of the molecule is Cc1cccc(N2CCN(C(=O)NCC(C)(C)CC(C)O)CC2)c1. The van der Waals surface area contributed by atoms with Crippen molar-refractivity contribution in [2.24, 2.45) is 5.41 Å². The number of hydrogen-bond donors (Lipinski definition) is 2. The summed E-state index contributed by atoms with van der Waals surface area (Å²) in [6, 6.07) is 8.49. The molecular weight excluding hydrogens is 302 g/mol. The van der Waals surface area contributed by atoms with Gasteiger partial charge in [-0.15, -0.1) is 0 Å². The quantitative estimate of drug-likeness (QED) is 0.871. The Kier molecular flexibility index (Phi) is 6.10. The van der Waals surface area contributed by atoms with Crippen LogP contribution in [0.2, 0.25) is 0 Å². The number of carbonyl (C=O) groups is 1. The number of carbonyl (C=O) groups excluding carboxylic acids is 1. The lowest BCUT2D eigenvalue weighted by atomic mass is 9.87. The molecule has 1 aliphatic rings. The minimum atomic E-state index is -0.352. The molecule has 134 valence electrons. The van der Waals surface area contributed by atoms with Crippen molar-refractivity contribution in [3.63, 3.8) is 0 Å². The maximum Gasteiger partial charge on any atom is 0.317 e. The molecule has 5 nitrogen and oxygen atoms in total. The Morgan fingerprint density at radius 3 is 2.54 bits per heavy atom. The molecule has 1 aliphatic heterocycles. The molecule has 24 heavy (non-hydrogen) atoms. The summed E-state index contributed by atoms with van der Waals surface area (Å²) in [6.07, 6.45) is 0.323. The molecule has 2 rings (SSSR count). The zero-order valence-corrected chi connectivity index (χ0v) is 15.4. The van der Waals surface area contributed by atoms with Crippen LogP contribution in [0.5, 0.6) is 0 Å². The van der Waals surface area contributed by atoms with Gasteiger partial charge in [0.1, 0.15) is 0 Å². The summed E-state index contributed by atoms with van der Waals surface area (Å²) in [5.41, 5.74) is 2.38. The van der Waals surface area contributed by atoms with E-state index in [0.29, 0.717) is 13.0 Å². The minimum Gasteiger partial charge on any atom is -0.393 e. The van der Waals surface area contributed by atoms with Gasteiger partial charge in [0.15, 0.2) is 0 Å². The van der Waals surface area contributed by atoms with Gasteiger partial charge >= 0.3 is 6.03 Å². The minimum absolute atomic E-state index is 0.00226. The van der Waals surface area contributed by atoms with Crippen molar-refractivity contribution in [1.29, 1.82) is 0 Å². The molecule has 1 saturated heterocycles. The number of amides is 2. The molecule has 2 amide bonds. The van der Waals surface area contributed by atoms with E-state index in [9.17, 15) is 9.90 Å². The number of hydrogen-bond acceptors (Lipinski definition) is 3. The summed E-state index contributed by atoms with van der Waals surface area (Å²) in [5, 5.41) is 12.5. The number of urea groups is 1. The first-order valence-corrected chi connectivity index (χ1v) is 8.79. The number of rotatable bonds is 5. The third-order valence-electron chi connectivity index (χ3n) is 4.50. The molecular formula is C19H31N3O2. The lowest BCUT2D eigenvalue weighted by Crippen LogP contribution is -2.53. The average Bonchev–Trinajstić information content (AvgIpc) is 2.52. The van der Waals surface area contributed by atoms with Crippen LogP contribution in [0.25, 0.3) is 0 Å². The predicted octanol–water partition coefficient (Wildman–Crippen LogP) is 2.62. The smallest absolute Gasteiger partial charge is 0.317 e. The lowest BCUT2D eigenvalue weighted by Gasteiger charge is -2.37. The average molecular weight is 333 g/mol. The van der Waals surface area contributed by atoms with Gasteiger partial charge in [0.05, 0.1) is 6.10 Å². The molecule has 2 N–H and O–H groups in total. The molecule has 0 bridgehead atoms. The third-order valence-corrected chi connectivity index (χ3v) is 4.50. The molecule has 0 saturated carbocycles. The number of nitrogens with one attached hydrogen (secondary N) is 1. The third kappa shape index (κ3) is 5.41. The fourth-order valence-corrected chi connectivity index (χ4v) is 3.29. The van der Waals surface area contributed by atoms with E-state index in [1.807, 2.05) is 4.90 Å². The van der Waals surface area contributed by atoms with Crippen molar-refractivity contribution in [3.05, 3.63) is 29.8 Å². The fraction of sp³-hybridized carbons (Fsp3) is 0.632. The Labute approximate surface area is 145 Å². The van der Waals surface area contributed by atoms with Gasteiger partial charge in [0.25, 0.3) is 0 Å². The number of aliphatic hydroxyl groups is 1. The second-order valence-electron chi connectivity index (χ2n) is 7.69. The first-order valence-electron chi connectivity index (χ1n) is 8.79. The Hall–Kier alpha value is -1.75. The van der Waals surface area contributed by atoms with Gasteiger partial charge in [-0.2, -0.15) is 0 Å². The van der Waals surface area contributed by atoms with E-state index in [0.717, 1.165) is 26.2 Å². The molecule has 1 atom stereocenters. The van der Waals surface area contributed by atoms with E-state index in [1.165, 1.54) is 11.3 Å². The van der Waals surface area contributed by atoms with Crippen LogP contribution in [0.15, 0.2) is 24.3 Å². The highest BCUT2D eigenvalue weighted by atomic mass is 16.3. The van der Waals surface area contributed by atoms with Gasteiger partial charge in [0, 0.05) is 38.4 Å². The Balaban J connectivity index is 1.80. The van der Waals surface area contributed by atoms with Crippen molar-refractivity contribution in [2.45, 2.75) is 40.2 Å². The molecule has 1 heterocycles. The molecule has 0 aliphatic carbocycles. The van der Waals surface area contributed by atoms with Gasteiger partial charge in [-0.3, -0.25) is 0 Å². The summed E-state index contributed by atoms with van der Waals surface area (Å²) in [4.78, 5) is 16.6. The molecule has 1 unspecified atom stereocenters. The van der Waals surface area contributed by atoms with Gasteiger partial charge in [-0.25, -0.2) is 4.79 Å². The summed E-state index contributed by atoms with van der Waals surface area (Å²) < 4.78 is 0. The number of nitrogens with zero attached hydrogens (tertiary/aromatic N) is 2. The Morgan fingerprint density at radius 1 is 1.29 bits per heavy atom. The number of aryl methyl sites for hydroxylation is 1. The highest BCUT2D eigenvalue weighted by Crippen LogP contribution is 2.21. The first-order chi connectivity index (χ1) is 11.3. The highest BCUT2D eigenvalue weighted by molar-refractivity contribution is 5.74. The standard InChI is InChI=1S/C19H31N3O2/c1-15-6-5-7-17(12-15)21-8-10-22(11-9-21)18(24)20-14-19(3,4)13-16(2)23/h5-7,12,16,23H,8-11,13-14H2,1-4H3,(H,20,24). The molecule has 1 aromatic rings. The maximum atomic E-state index is 12.4. The van der Waals surface area contributed by atoms with Crippen LogP contribution in [0.1, 0.15) is 32.8 Å². The van der Waals surface area contributed by atoms with Gasteiger partial charge in [-0.05, 0) is 43.4 Å². The second-order valence-corrected chi connectivity index (χ2v) is 7.69. The van der Waals surface area contributed by atoms with E-state index in [1.54, 1.807) is 6.92 Å². The Morgan fingerprint density at radius 2 is 1.96 bits per heavy atom. The van der Waals surface area contributed by atoms with E-state index in [2.05, 4.69) is 55.3 Å².